The Balaban J connectivity index is 0.0000000986. The zero-order valence-corrected chi connectivity index (χ0v) is 77.0. The van der Waals surface area contributed by atoms with E-state index in [1.807, 2.05) is 110 Å². The molecule has 0 unspecified atom stereocenters. The van der Waals surface area contributed by atoms with Crippen molar-refractivity contribution in [3.05, 3.63) is 456 Å². The summed E-state index contributed by atoms with van der Waals surface area (Å²) in [7, 11) is 0. The number of hydrogen-bond acceptors (Lipinski definition) is 9. The fourth-order valence-corrected chi connectivity index (χ4v) is 23.5. The van der Waals surface area contributed by atoms with Gasteiger partial charge in [0.1, 0.15) is 17.1 Å². The summed E-state index contributed by atoms with van der Waals surface area (Å²) in [5.41, 5.74) is 42.9. The molecule has 30 aromatic rings. The fourth-order valence-electron chi connectivity index (χ4n) is 23.5. The van der Waals surface area contributed by atoms with Crippen LogP contribution in [0.1, 0.15) is 0 Å². The highest BCUT2D eigenvalue weighted by molar-refractivity contribution is 6.23. The van der Waals surface area contributed by atoms with Crippen LogP contribution in [0.4, 0.5) is 0 Å². The van der Waals surface area contributed by atoms with Gasteiger partial charge in [-0.3, -0.25) is 28.7 Å². The maximum atomic E-state index is 5.27. The number of aromatic nitrogens is 15. The van der Waals surface area contributed by atoms with Crippen molar-refractivity contribution in [2.45, 2.75) is 0 Å². The van der Waals surface area contributed by atoms with E-state index < -0.39 is 0 Å². The lowest BCUT2D eigenvalue weighted by Crippen LogP contribution is -2.02. The number of fused-ring (bicyclic) bond motifs is 36. The molecule has 0 saturated heterocycles. The van der Waals surface area contributed by atoms with Gasteiger partial charge in [0.15, 0.2) is 17.5 Å². The van der Waals surface area contributed by atoms with Gasteiger partial charge in [0.05, 0.1) is 111 Å². The normalized spacial score (nSPS) is 12.2. The molecule has 0 fully saturated rings. The number of benzene rings is 18. The minimum Gasteiger partial charge on any atom is -0.309 e. The number of pyridine rings is 3. The summed E-state index contributed by atoms with van der Waals surface area (Å²) in [5, 5.41) is 13.1. The monoisotopic (exact) mass is 1830 g/mol. The van der Waals surface area contributed by atoms with Crippen LogP contribution < -0.4 is 0 Å². The standard InChI is InChI=1S/3C43H25N5/c1-2-11-28(12-3-1)47-37-18-9-6-14-30(37)31-21-20-26(25-39(31)47)27-23-33-29-13-4-5-15-32(29)41-43(46-36-17-8-7-16-35(36)45-41)48-38-19-10-22-44-40(38)34(24-27)42(33)48;1-2-10-28(11-3-1)47-38-17-9-6-13-30(38)31-19-18-26(24-39(31)47)27-22-34-29-12-4-5-14-33(29)41-43(46-37-16-8-7-15-36(37)45-41)48-40-25-44-21-20-32(40)35(23-27)42(34)48;1-2-10-28(11-3-1)47-38-17-9-6-13-30(38)31-19-18-26(24-40(31)47)27-22-33-29-12-4-5-14-32(29)41-43(46-37-16-8-7-15-36(37)45-41)48-39-20-21-44-25-35(39)34(23-27)42(33)48/h3*1-25H. The fraction of sp³-hybridized carbons (Fsp3) is 0. The summed E-state index contributed by atoms with van der Waals surface area (Å²) >= 11 is 0. The topological polar surface area (TPSA) is 146 Å². The van der Waals surface area contributed by atoms with Crippen molar-refractivity contribution >= 4 is 164 Å². The Bertz CT molecular complexity index is 9820. The first-order valence-corrected chi connectivity index (χ1v) is 48.6. The molecule has 0 bridgehead atoms. The molecule has 15 nitrogen and oxygen atoms in total. The van der Waals surface area contributed by atoms with Crippen LogP contribution in [-0.2, 0) is 0 Å². The summed E-state index contributed by atoms with van der Waals surface area (Å²) in [6, 6.07) is 151. The van der Waals surface area contributed by atoms with Crippen LogP contribution in [0.15, 0.2) is 456 Å². The predicted octanol–water partition coefficient (Wildman–Crippen LogP) is 31.6. The quantitative estimate of drug-likeness (QED) is 0.159. The van der Waals surface area contributed by atoms with Crippen LogP contribution in [0, 0.1) is 0 Å². The minimum atomic E-state index is 0.828. The molecule has 0 N–H and O–H groups in total. The summed E-state index contributed by atoms with van der Waals surface area (Å²) in [6.45, 7) is 0. The molecule has 0 saturated carbocycles. The lowest BCUT2D eigenvalue weighted by Gasteiger charge is -2.12. The van der Waals surface area contributed by atoms with Crippen LogP contribution in [0.25, 0.3) is 299 Å². The molecule has 3 aliphatic heterocycles. The summed E-state index contributed by atoms with van der Waals surface area (Å²) in [6.07, 6.45) is 9.58. The molecular formula is C129H75N15. The second kappa shape index (κ2) is 30.9. The number of hydrogen-bond donors (Lipinski definition) is 0. The summed E-state index contributed by atoms with van der Waals surface area (Å²) < 4.78 is 14.0. The molecule has 0 atom stereocenters. The first-order chi connectivity index (χ1) is 71.4. The van der Waals surface area contributed by atoms with Crippen molar-refractivity contribution in [1.82, 2.24) is 72.3 Å². The van der Waals surface area contributed by atoms with Crippen molar-refractivity contribution in [3.63, 3.8) is 0 Å². The Kier molecular flexibility index (Phi) is 17.0. The molecule has 0 aliphatic carbocycles. The average molecular weight is 1840 g/mol. The summed E-state index contributed by atoms with van der Waals surface area (Å²) in [4.78, 5) is 45.7. The zero-order chi connectivity index (χ0) is 94.0. The van der Waals surface area contributed by atoms with Gasteiger partial charge in [0.2, 0.25) is 0 Å². The molecular weight excluding hydrogens is 1760 g/mol. The molecule has 18 aromatic carbocycles. The first kappa shape index (κ1) is 79.3. The third-order valence-corrected chi connectivity index (χ3v) is 29.7. The van der Waals surface area contributed by atoms with Gasteiger partial charge < -0.3 is 13.7 Å². The van der Waals surface area contributed by atoms with E-state index in [2.05, 4.69) is 383 Å². The van der Waals surface area contributed by atoms with E-state index in [1.54, 1.807) is 0 Å². The lowest BCUT2D eigenvalue weighted by molar-refractivity contribution is 1.08. The van der Waals surface area contributed by atoms with Crippen LogP contribution in [0.3, 0.4) is 0 Å². The van der Waals surface area contributed by atoms with Gasteiger partial charge in [0, 0.05) is 134 Å². The van der Waals surface area contributed by atoms with Gasteiger partial charge in [-0.2, -0.15) is 0 Å². The molecule has 0 amide bonds. The Morgan fingerprint density at radius 2 is 0.465 bits per heavy atom. The van der Waals surface area contributed by atoms with Crippen molar-refractivity contribution in [3.8, 4) is 135 Å². The number of nitrogens with zero attached hydrogens (tertiary/aromatic N) is 15. The number of para-hydroxylation sites is 12. The largest absolute Gasteiger partial charge is 0.309 e. The highest BCUT2D eigenvalue weighted by Gasteiger charge is 2.34. The van der Waals surface area contributed by atoms with Gasteiger partial charge in [-0.1, -0.05) is 255 Å². The molecule has 0 radical (unpaired) electrons. The Morgan fingerprint density at radius 1 is 0.160 bits per heavy atom. The molecule has 15 heteroatoms. The zero-order valence-electron chi connectivity index (χ0n) is 77.0. The van der Waals surface area contributed by atoms with Crippen LogP contribution in [0.5, 0.6) is 0 Å². The minimum absolute atomic E-state index is 0.828. The average Bonchev–Trinajstić information content (AvgIpc) is 1.55. The van der Waals surface area contributed by atoms with E-state index in [-0.39, 0.29) is 0 Å². The molecule has 0 spiro atoms. The van der Waals surface area contributed by atoms with Gasteiger partial charge in [-0.05, 0) is 220 Å². The first-order valence-electron chi connectivity index (χ1n) is 48.6. The smallest absolute Gasteiger partial charge is 0.165 e. The summed E-state index contributed by atoms with van der Waals surface area (Å²) in [5.74, 6) is 2.50. The third kappa shape index (κ3) is 11.7. The van der Waals surface area contributed by atoms with E-state index in [1.165, 1.54) is 70.8 Å². The molecule has 666 valence electrons. The van der Waals surface area contributed by atoms with Crippen LogP contribution in [0.2, 0.25) is 0 Å². The third-order valence-electron chi connectivity index (χ3n) is 29.7. The van der Waals surface area contributed by atoms with Crippen LogP contribution in [-0.4, -0.2) is 72.3 Å². The van der Waals surface area contributed by atoms with Gasteiger partial charge >= 0.3 is 0 Å². The second-order valence-electron chi connectivity index (χ2n) is 37.5. The number of rotatable bonds is 6. The Hall–Kier alpha value is -19.8. The highest BCUT2D eigenvalue weighted by atomic mass is 15.1. The maximum absolute atomic E-state index is 5.27. The second-order valence-corrected chi connectivity index (χ2v) is 37.5. The Morgan fingerprint density at radius 3 is 0.889 bits per heavy atom. The van der Waals surface area contributed by atoms with E-state index in [9.17, 15) is 0 Å². The molecule has 33 rings (SSSR count). The van der Waals surface area contributed by atoms with Gasteiger partial charge in [0.25, 0.3) is 0 Å². The van der Waals surface area contributed by atoms with Crippen molar-refractivity contribution < 1.29 is 0 Å². The highest BCUT2D eigenvalue weighted by Crippen LogP contribution is 2.54. The van der Waals surface area contributed by atoms with Crippen molar-refractivity contribution in [2.24, 2.45) is 0 Å². The van der Waals surface area contributed by atoms with E-state index in [0.717, 1.165) is 228 Å². The molecule has 12 aromatic heterocycles. The SMILES string of the molecule is c1ccc(-n2c3ccccc3c3ccc(-c4cc5c6c(c4)c4ccncc4n6-c4nc6ccccc6nc4-c4ccccc4-5)cc32)cc1.c1ccc(-n2c3ccccc3c3ccc(-c4cc5c6c(c4)c4cnccc4n6-c4nc6ccccc6nc4-c4ccccc4-5)cc32)cc1.c1ccc(-n2c3ccccc3c3ccc(-c4cc5c6c(c4)c4ncccc4n6-c4nc6ccccc6nc4-c4ccccc4-5)cc32)cc1. The van der Waals surface area contributed by atoms with E-state index in [4.69, 9.17) is 34.9 Å². The van der Waals surface area contributed by atoms with E-state index >= 15 is 0 Å². The molecule has 15 heterocycles. The van der Waals surface area contributed by atoms with Gasteiger partial charge in [-0.15, -0.1) is 0 Å². The van der Waals surface area contributed by atoms with Crippen LogP contribution >= 0.6 is 0 Å². The van der Waals surface area contributed by atoms with Crippen molar-refractivity contribution in [2.75, 3.05) is 0 Å². The lowest BCUT2D eigenvalue weighted by atomic mass is 9.92. The molecule has 3 aliphatic rings. The van der Waals surface area contributed by atoms with E-state index in [0.29, 0.717) is 0 Å². The van der Waals surface area contributed by atoms with Crippen molar-refractivity contribution in [1.29, 1.82) is 0 Å². The van der Waals surface area contributed by atoms with Gasteiger partial charge in [-0.25, -0.2) is 29.9 Å². The maximum Gasteiger partial charge on any atom is 0.165 e. The predicted molar refractivity (Wildman–Crippen MR) is 588 cm³/mol. The molecule has 144 heavy (non-hydrogen) atoms. The Labute approximate surface area is 821 Å².